The summed E-state index contributed by atoms with van der Waals surface area (Å²) in [6.07, 6.45) is 6.19. The lowest BCUT2D eigenvalue weighted by Gasteiger charge is -2.34. The number of hydrogen-bond acceptors (Lipinski definition) is 3. The van der Waals surface area contributed by atoms with Crippen LogP contribution in [0.25, 0.3) is 0 Å². The van der Waals surface area contributed by atoms with E-state index in [4.69, 9.17) is 0 Å². The third-order valence-electron chi connectivity index (χ3n) is 4.10. The highest BCUT2D eigenvalue weighted by atomic mass is 32.2. The lowest BCUT2D eigenvalue weighted by molar-refractivity contribution is 0.206. The first kappa shape index (κ1) is 15.2. The minimum atomic E-state index is -3.25. The molecule has 112 valence electrons. The van der Waals surface area contributed by atoms with Gasteiger partial charge in [0.1, 0.15) is 0 Å². The van der Waals surface area contributed by atoms with Crippen LogP contribution in [0, 0.1) is 0 Å². The molecule has 6 heteroatoms. The molecule has 0 radical (unpaired) electrons. The summed E-state index contributed by atoms with van der Waals surface area (Å²) in [6.45, 7) is 6.72. The number of nitrogens with one attached hydrogen (secondary N) is 1. The largest absolute Gasteiger partial charge is 0.303 e. The van der Waals surface area contributed by atoms with Crippen LogP contribution in [0.5, 0.6) is 0 Å². The zero-order chi connectivity index (χ0) is 13.7. The molecular formula is C13H27N3O2S. The number of likely N-dealkylation sites (tertiary alicyclic amines) is 1. The topological polar surface area (TPSA) is 52.7 Å². The molecule has 5 nitrogen and oxygen atoms in total. The van der Waals surface area contributed by atoms with Crippen LogP contribution in [0.1, 0.15) is 45.4 Å². The van der Waals surface area contributed by atoms with Gasteiger partial charge in [0.25, 0.3) is 10.2 Å². The molecule has 2 fully saturated rings. The summed E-state index contributed by atoms with van der Waals surface area (Å²) in [5, 5.41) is 0. The zero-order valence-corrected chi connectivity index (χ0v) is 12.8. The molecular weight excluding hydrogens is 262 g/mol. The van der Waals surface area contributed by atoms with Crippen molar-refractivity contribution in [1.29, 1.82) is 0 Å². The van der Waals surface area contributed by atoms with Crippen LogP contribution in [-0.4, -0.2) is 56.4 Å². The first-order valence-electron chi connectivity index (χ1n) is 7.61. The summed E-state index contributed by atoms with van der Waals surface area (Å²) in [7, 11) is -3.25. The minimum absolute atomic E-state index is 0.125. The van der Waals surface area contributed by atoms with Gasteiger partial charge in [0.15, 0.2) is 0 Å². The molecule has 2 heterocycles. The molecule has 2 aliphatic heterocycles. The lowest BCUT2D eigenvalue weighted by Crippen LogP contribution is -2.50. The molecule has 0 amide bonds. The Balaban J connectivity index is 1.80. The van der Waals surface area contributed by atoms with Gasteiger partial charge in [-0.25, -0.2) is 0 Å². The van der Waals surface area contributed by atoms with E-state index in [-0.39, 0.29) is 6.04 Å². The van der Waals surface area contributed by atoms with Crippen molar-refractivity contribution in [1.82, 2.24) is 13.9 Å². The van der Waals surface area contributed by atoms with Crippen LogP contribution in [0.3, 0.4) is 0 Å². The monoisotopic (exact) mass is 289 g/mol. The molecule has 0 aliphatic carbocycles. The lowest BCUT2D eigenvalue weighted by atomic mass is 10.1. The zero-order valence-electron chi connectivity index (χ0n) is 12.0. The highest BCUT2D eigenvalue weighted by Crippen LogP contribution is 2.15. The molecule has 0 aromatic heterocycles. The summed E-state index contributed by atoms with van der Waals surface area (Å²) < 4.78 is 29.0. The Kier molecular flexibility index (Phi) is 5.62. The molecule has 0 bridgehead atoms. The SMILES string of the molecule is CCCN1CCC(NS(=O)(=O)N2CCCCC2)CC1. The molecule has 0 aromatic carbocycles. The fraction of sp³-hybridized carbons (Fsp3) is 1.00. The fourth-order valence-corrected chi connectivity index (χ4v) is 4.53. The first-order chi connectivity index (χ1) is 9.12. The van der Waals surface area contributed by atoms with Gasteiger partial charge < -0.3 is 4.90 Å². The van der Waals surface area contributed by atoms with Crippen molar-refractivity contribution in [3.63, 3.8) is 0 Å². The van der Waals surface area contributed by atoms with Gasteiger partial charge in [0, 0.05) is 19.1 Å². The maximum Gasteiger partial charge on any atom is 0.279 e. The van der Waals surface area contributed by atoms with Crippen molar-refractivity contribution in [2.24, 2.45) is 0 Å². The van der Waals surface area contributed by atoms with E-state index in [2.05, 4.69) is 16.5 Å². The maximum absolute atomic E-state index is 12.3. The summed E-state index contributed by atoms with van der Waals surface area (Å²) in [6, 6.07) is 0.125. The van der Waals surface area contributed by atoms with Crippen LogP contribution in [0.2, 0.25) is 0 Å². The number of hydrogen-bond donors (Lipinski definition) is 1. The highest BCUT2D eigenvalue weighted by Gasteiger charge is 2.28. The van der Waals surface area contributed by atoms with Crippen LogP contribution in [-0.2, 0) is 10.2 Å². The maximum atomic E-state index is 12.3. The molecule has 2 aliphatic rings. The third-order valence-corrected chi connectivity index (χ3v) is 5.77. The van der Waals surface area contributed by atoms with Crippen molar-refractivity contribution >= 4 is 10.2 Å². The average molecular weight is 289 g/mol. The molecule has 0 unspecified atom stereocenters. The normalized spacial score (nSPS) is 24.7. The fourth-order valence-electron chi connectivity index (χ4n) is 2.98. The van der Waals surface area contributed by atoms with Crippen molar-refractivity contribution < 1.29 is 8.42 Å². The second-order valence-corrected chi connectivity index (χ2v) is 7.40. The number of rotatable bonds is 5. The van der Waals surface area contributed by atoms with Crippen LogP contribution in [0.4, 0.5) is 0 Å². The number of piperidine rings is 2. The minimum Gasteiger partial charge on any atom is -0.303 e. The Morgan fingerprint density at radius 3 is 2.26 bits per heavy atom. The molecule has 0 atom stereocenters. The molecule has 19 heavy (non-hydrogen) atoms. The van der Waals surface area contributed by atoms with Crippen molar-refractivity contribution in [2.45, 2.75) is 51.5 Å². The van der Waals surface area contributed by atoms with Crippen molar-refractivity contribution in [2.75, 3.05) is 32.7 Å². The Bertz CT molecular complexity index is 358. The molecule has 2 rings (SSSR count). The summed E-state index contributed by atoms with van der Waals surface area (Å²) >= 11 is 0. The van der Waals surface area contributed by atoms with Crippen LogP contribution in [0.15, 0.2) is 0 Å². The Labute approximate surface area is 117 Å². The molecule has 1 N–H and O–H groups in total. The quantitative estimate of drug-likeness (QED) is 0.827. The highest BCUT2D eigenvalue weighted by molar-refractivity contribution is 7.87. The van der Waals surface area contributed by atoms with Gasteiger partial charge in [-0.1, -0.05) is 13.3 Å². The van der Waals surface area contributed by atoms with Gasteiger partial charge in [-0.05, 0) is 51.7 Å². The molecule has 0 aromatic rings. The van der Waals surface area contributed by atoms with E-state index in [0.29, 0.717) is 13.1 Å². The van der Waals surface area contributed by atoms with Crippen LogP contribution < -0.4 is 4.72 Å². The van der Waals surface area contributed by atoms with E-state index in [1.54, 1.807) is 4.31 Å². The van der Waals surface area contributed by atoms with Gasteiger partial charge in [0.05, 0.1) is 0 Å². The predicted octanol–water partition coefficient (Wildman–Crippen LogP) is 1.18. The van der Waals surface area contributed by atoms with E-state index < -0.39 is 10.2 Å². The van der Waals surface area contributed by atoms with Gasteiger partial charge in [-0.2, -0.15) is 17.4 Å². The molecule has 0 spiro atoms. The second kappa shape index (κ2) is 7.02. The standard InChI is InChI=1S/C13H27N3O2S/c1-2-8-15-11-6-13(7-12-15)14-19(17,18)16-9-4-3-5-10-16/h13-14H,2-12H2,1H3. The summed E-state index contributed by atoms with van der Waals surface area (Å²) in [5.74, 6) is 0. The Morgan fingerprint density at radius 2 is 1.68 bits per heavy atom. The van der Waals surface area contributed by atoms with Gasteiger partial charge >= 0.3 is 0 Å². The van der Waals surface area contributed by atoms with Gasteiger partial charge in [-0.15, -0.1) is 0 Å². The van der Waals surface area contributed by atoms with Crippen molar-refractivity contribution in [3.8, 4) is 0 Å². The van der Waals surface area contributed by atoms with E-state index >= 15 is 0 Å². The van der Waals surface area contributed by atoms with Crippen molar-refractivity contribution in [3.05, 3.63) is 0 Å². The van der Waals surface area contributed by atoms with E-state index in [9.17, 15) is 8.42 Å². The molecule has 2 saturated heterocycles. The first-order valence-corrected chi connectivity index (χ1v) is 9.05. The molecule has 0 saturated carbocycles. The Morgan fingerprint density at radius 1 is 1.05 bits per heavy atom. The number of nitrogens with zero attached hydrogens (tertiary/aromatic N) is 2. The summed E-state index contributed by atoms with van der Waals surface area (Å²) in [5.41, 5.74) is 0. The Hall–Kier alpha value is -0.170. The smallest absolute Gasteiger partial charge is 0.279 e. The van der Waals surface area contributed by atoms with E-state index in [0.717, 1.165) is 51.7 Å². The second-order valence-electron chi connectivity index (χ2n) is 5.70. The van der Waals surface area contributed by atoms with E-state index in [1.165, 1.54) is 6.42 Å². The van der Waals surface area contributed by atoms with Gasteiger partial charge in [0.2, 0.25) is 0 Å². The van der Waals surface area contributed by atoms with Gasteiger partial charge in [-0.3, -0.25) is 0 Å². The third kappa shape index (κ3) is 4.41. The van der Waals surface area contributed by atoms with Crippen LogP contribution >= 0.6 is 0 Å². The predicted molar refractivity (Wildman–Crippen MR) is 77.2 cm³/mol. The van der Waals surface area contributed by atoms with E-state index in [1.807, 2.05) is 0 Å². The summed E-state index contributed by atoms with van der Waals surface area (Å²) in [4.78, 5) is 2.42. The average Bonchev–Trinajstić information content (AvgIpc) is 2.42.